The van der Waals surface area contributed by atoms with Gasteiger partial charge in [0, 0.05) is 19.8 Å². The summed E-state index contributed by atoms with van der Waals surface area (Å²) in [6.45, 7) is 4.26. The van der Waals surface area contributed by atoms with E-state index in [4.69, 9.17) is 0 Å². The molecule has 0 saturated heterocycles. The first-order chi connectivity index (χ1) is 11.8. The van der Waals surface area contributed by atoms with E-state index in [9.17, 15) is 9.90 Å². The number of hydrogen-bond acceptors (Lipinski definition) is 2. The number of amides is 1. The van der Waals surface area contributed by atoms with Crippen LogP contribution in [-0.2, 0) is 6.42 Å². The average Bonchev–Trinajstić information content (AvgIpc) is 2.57. The van der Waals surface area contributed by atoms with Gasteiger partial charge in [0.1, 0.15) is 0 Å². The van der Waals surface area contributed by atoms with E-state index in [0.717, 1.165) is 18.4 Å². The van der Waals surface area contributed by atoms with Gasteiger partial charge in [0.2, 0.25) is 0 Å². The summed E-state index contributed by atoms with van der Waals surface area (Å²) in [4.78, 5) is 13.3. The van der Waals surface area contributed by atoms with Crippen LogP contribution in [0.2, 0.25) is 0 Å². The van der Waals surface area contributed by atoms with Crippen molar-refractivity contribution in [1.82, 2.24) is 5.32 Å². The molecule has 2 aromatic carbocycles. The van der Waals surface area contributed by atoms with Gasteiger partial charge in [0.15, 0.2) is 0 Å². The van der Waals surface area contributed by atoms with Crippen molar-refractivity contribution in [3.8, 4) is 11.1 Å². The molecule has 2 N–H and O–H groups in total. The van der Waals surface area contributed by atoms with Gasteiger partial charge in [-0.1, -0.05) is 44.2 Å². The maximum atomic E-state index is 11.2. The second-order valence-corrected chi connectivity index (χ2v) is 7.73. The molecule has 0 heterocycles. The molecule has 4 heteroatoms. The topological polar surface area (TPSA) is 52.6 Å². The zero-order valence-electron chi connectivity index (χ0n) is 15.3. The first-order valence-corrected chi connectivity index (χ1v) is 8.68. The standard InChI is InChI=1S/C21H26N2O2/c1-21(2)11-10-16-12-15(8-9-18(16)19(21)22-20(24)25)14-6-5-7-17(13-14)23(3)4/h5-9,12-13,19,22H,10-11H2,1-4H3,(H,24,25)/t19-/m1/s1. The summed E-state index contributed by atoms with van der Waals surface area (Å²) in [6, 6.07) is 14.7. The smallest absolute Gasteiger partial charge is 0.405 e. The van der Waals surface area contributed by atoms with E-state index < -0.39 is 6.09 Å². The fourth-order valence-corrected chi connectivity index (χ4v) is 3.67. The fraction of sp³-hybridized carbons (Fsp3) is 0.381. The number of carbonyl (C=O) groups is 1. The summed E-state index contributed by atoms with van der Waals surface area (Å²) in [5.74, 6) is 0. The molecule has 0 aliphatic heterocycles. The highest BCUT2D eigenvalue weighted by atomic mass is 16.4. The Morgan fingerprint density at radius 1 is 1.16 bits per heavy atom. The third-order valence-corrected chi connectivity index (χ3v) is 5.24. The number of aryl methyl sites for hydroxylation is 1. The van der Waals surface area contributed by atoms with Crippen LogP contribution in [0.1, 0.15) is 37.4 Å². The van der Waals surface area contributed by atoms with Crippen molar-refractivity contribution in [3.05, 3.63) is 53.6 Å². The molecule has 1 atom stereocenters. The zero-order valence-corrected chi connectivity index (χ0v) is 15.3. The van der Waals surface area contributed by atoms with E-state index in [1.54, 1.807) is 0 Å². The highest BCUT2D eigenvalue weighted by molar-refractivity contribution is 5.70. The van der Waals surface area contributed by atoms with E-state index in [-0.39, 0.29) is 11.5 Å². The lowest BCUT2D eigenvalue weighted by atomic mass is 9.70. The number of rotatable bonds is 3. The molecule has 1 amide bonds. The van der Waals surface area contributed by atoms with Gasteiger partial charge in [-0.25, -0.2) is 4.79 Å². The first-order valence-electron chi connectivity index (χ1n) is 8.68. The molecule has 0 saturated carbocycles. The Hall–Kier alpha value is -2.49. The minimum absolute atomic E-state index is 0.0856. The first kappa shape index (κ1) is 17.3. The summed E-state index contributed by atoms with van der Waals surface area (Å²) in [5, 5.41) is 11.9. The molecule has 2 aromatic rings. The molecule has 1 aliphatic rings. The molecule has 0 radical (unpaired) electrons. The van der Waals surface area contributed by atoms with Crippen molar-refractivity contribution < 1.29 is 9.90 Å². The van der Waals surface area contributed by atoms with E-state index >= 15 is 0 Å². The lowest BCUT2D eigenvalue weighted by Gasteiger charge is -2.40. The Labute approximate surface area is 149 Å². The number of nitrogens with zero attached hydrogens (tertiary/aromatic N) is 1. The Balaban J connectivity index is 2.00. The third kappa shape index (κ3) is 3.48. The summed E-state index contributed by atoms with van der Waals surface area (Å²) in [7, 11) is 4.08. The molecule has 0 bridgehead atoms. The van der Waals surface area contributed by atoms with Gasteiger partial charge >= 0.3 is 6.09 Å². The van der Waals surface area contributed by atoms with Crippen molar-refractivity contribution >= 4 is 11.8 Å². The summed E-state index contributed by atoms with van der Waals surface area (Å²) >= 11 is 0. The molecule has 0 spiro atoms. The predicted octanol–water partition coefficient (Wildman–Crippen LogP) is 4.70. The van der Waals surface area contributed by atoms with E-state index in [0.29, 0.717) is 0 Å². The largest absolute Gasteiger partial charge is 0.465 e. The van der Waals surface area contributed by atoms with Gasteiger partial charge < -0.3 is 15.3 Å². The number of carboxylic acid groups (broad SMARTS) is 1. The molecule has 132 valence electrons. The van der Waals surface area contributed by atoms with Gasteiger partial charge in [0.25, 0.3) is 0 Å². The maximum absolute atomic E-state index is 11.2. The highest BCUT2D eigenvalue weighted by Gasteiger charge is 2.37. The predicted molar refractivity (Wildman–Crippen MR) is 102 cm³/mol. The van der Waals surface area contributed by atoms with Crippen molar-refractivity contribution in [2.24, 2.45) is 5.41 Å². The van der Waals surface area contributed by atoms with Gasteiger partial charge in [-0.05, 0) is 52.6 Å². The van der Waals surface area contributed by atoms with Gasteiger partial charge in [-0.3, -0.25) is 0 Å². The fourth-order valence-electron chi connectivity index (χ4n) is 3.67. The number of benzene rings is 2. The van der Waals surface area contributed by atoms with Crippen LogP contribution in [0.5, 0.6) is 0 Å². The van der Waals surface area contributed by atoms with Crippen LogP contribution in [0.3, 0.4) is 0 Å². The van der Waals surface area contributed by atoms with E-state index in [2.05, 4.69) is 66.5 Å². The zero-order chi connectivity index (χ0) is 18.2. The average molecular weight is 338 g/mol. The molecule has 3 rings (SSSR count). The lowest BCUT2D eigenvalue weighted by molar-refractivity contribution is 0.161. The molecule has 1 aliphatic carbocycles. The normalized spacial score (nSPS) is 18.3. The van der Waals surface area contributed by atoms with Crippen molar-refractivity contribution in [3.63, 3.8) is 0 Å². The molecular weight excluding hydrogens is 312 g/mol. The van der Waals surface area contributed by atoms with Crippen LogP contribution in [0.4, 0.5) is 10.5 Å². The number of anilines is 1. The molecule has 25 heavy (non-hydrogen) atoms. The van der Waals surface area contributed by atoms with Crippen LogP contribution in [0, 0.1) is 5.41 Å². The Morgan fingerprint density at radius 3 is 2.56 bits per heavy atom. The monoisotopic (exact) mass is 338 g/mol. The number of nitrogens with one attached hydrogen (secondary N) is 1. The van der Waals surface area contributed by atoms with Gasteiger partial charge in [0.05, 0.1) is 6.04 Å². The number of hydrogen-bond donors (Lipinski definition) is 2. The molecule has 0 fully saturated rings. The van der Waals surface area contributed by atoms with Crippen LogP contribution >= 0.6 is 0 Å². The Bertz CT molecular complexity index is 796. The van der Waals surface area contributed by atoms with Gasteiger partial charge in [-0.2, -0.15) is 0 Å². The minimum Gasteiger partial charge on any atom is -0.465 e. The van der Waals surface area contributed by atoms with Crippen molar-refractivity contribution in [2.75, 3.05) is 19.0 Å². The van der Waals surface area contributed by atoms with Crippen LogP contribution < -0.4 is 10.2 Å². The summed E-state index contributed by atoms with van der Waals surface area (Å²) in [6.07, 6.45) is 0.974. The third-order valence-electron chi connectivity index (χ3n) is 5.24. The number of fused-ring (bicyclic) bond motifs is 1. The van der Waals surface area contributed by atoms with Gasteiger partial charge in [-0.15, -0.1) is 0 Å². The second kappa shape index (κ2) is 6.43. The van der Waals surface area contributed by atoms with Crippen molar-refractivity contribution in [1.29, 1.82) is 0 Å². The SMILES string of the molecule is CN(C)c1cccc(-c2ccc3c(c2)CCC(C)(C)[C@@H]3NC(=O)O)c1. The van der Waals surface area contributed by atoms with E-state index in [1.807, 2.05) is 14.1 Å². The highest BCUT2D eigenvalue weighted by Crippen LogP contribution is 2.44. The molecule has 0 aromatic heterocycles. The van der Waals surface area contributed by atoms with Crippen LogP contribution in [-0.4, -0.2) is 25.3 Å². The van der Waals surface area contributed by atoms with Crippen molar-refractivity contribution in [2.45, 2.75) is 32.7 Å². The molecule has 0 unspecified atom stereocenters. The quantitative estimate of drug-likeness (QED) is 0.853. The second-order valence-electron chi connectivity index (χ2n) is 7.73. The van der Waals surface area contributed by atoms with Crippen LogP contribution in [0.25, 0.3) is 11.1 Å². The molecular formula is C21H26N2O2. The summed E-state index contributed by atoms with van der Waals surface area (Å²) < 4.78 is 0. The Morgan fingerprint density at radius 2 is 1.88 bits per heavy atom. The summed E-state index contributed by atoms with van der Waals surface area (Å²) in [5.41, 5.74) is 5.79. The molecule has 4 nitrogen and oxygen atoms in total. The maximum Gasteiger partial charge on any atom is 0.405 e. The minimum atomic E-state index is -0.964. The Kier molecular flexibility index (Phi) is 4.46. The lowest BCUT2D eigenvalue weighted by Crippen LogP contribution is -2.40. The van der Waals surface area contributed by atoms with E-state index in [1.165, 1.54) is 22.4 Å². The van der Waals surface area contributed by atoms with Crippen LogP contribution in [0.15, 0.2) is 42.5 Å².